The molecule has 0 spiro atoms. The molecule has 1 unspecified atom stereocenters. The summed E-state index contributed by atoms with van der Waals surface area (Å²) in [5.74, 6) is 0.0534. The monoisotopic (exact) mass is 295 g/mol. The Morgan fingerprint density at radius 3 is 2.75 bits per heavy atom. The molecule has 0 saturated carbocycles. The van der Waals surface area contributed by atoms with Crippen LogP contribution in [-0.2, 0) is 21.1 Å². The SMILES string of the molecule is Cc1cccc(CCC(=O)N2CCC(S(C)(=O)=O)C2)c1. The van der Waals surface area contributed by atoms with E-state index in [1.807, 2.05) is 25.1 Å². The number of hydrogen-bond acceptors (Lipinski definition) is 3. The second-order valence-corrected chi connectivity index (χ2v) is 7.89. The number of likely N-dealkylation sites (tertiary alicyclic amines) is 1. The van der Waals surface area contributed by atoms with Crippen molar-refractivity contribution in [2.45, 2.75) is 31.4 Å². The van der Waals surface area contributed by atoms with Crippen LogP contribution < -0.4 is 0 Å². The van der Waals surface area contributed by atoms with Crippen LogP contribution in [0.1, 0.15) is 24.0 Å². The maximum Gasteiger partial charge on any atom is 0.222 e. The maximum atomic E-state index is 12.1. The number of sulfone groups is 1. The van der Waals surface area contributed by atoms with E-state index in [2.05, 4.69) is 6.07 Å². The number of benzene rings is 1. The molecule has 1 heterocycles. The van der Waals surface area contributed by atoms with Gasteiger partial charge in [0.1, 0.15) is 0 Å². The Kier molecular flexibility index (Phi) is 4.48. The van der Waals surface area contributed by atoms with Gasteiger partial charge in [0.05, 0.1) is 5.25 Å². The van der Waals surface area contributed by atoms with Gasteiger partial charge in [-0.05, 0) is 25.3 Å². The van der Waals surface area contributed by atoms with Gasteiger partial charge in [0.15, 0.2) is 9.84 Å². The molecule has 0 radical (unpaired) electrons. The molecule has 5 heteroatoms. The highest BCUT2D eigenvalue weighted by atomic mass is 32.2. The molecule has 110 valence electrons. The largest absolute Gasteiger partial charge is 0.341 e. The molecule has 1 saturated heterocycles. The third kappa shape index (κ3) is 3.82. The smallest absolute Gasteiger partial charge is 0.222 e. The van der Waals surface area contributed by atoms with Crippen molar-refractivity contribution >= 4 is 15.7 Å². The van der Waals surface area contributed by atoms with E-state index < -0.39 is 9.84 Å². The van der Waals surface area contributed by atoms with Crippen LogP contribution in [0.25, 0.3) is 0 Å². The van der Waals surface area contributed by atoms with E-state index in [0.29, 0.717) is 32.4 Å². The number of carbonyl (C=O) groups is 1. The van der Waals surface area contributed by atoms with E-state index in [1.54, 1.807) is 4.90 Å². The summed E-state index contributed by atoms with van der Waals surface area (Å²) in [4.78, 5) is 13.8. The molecule has 0 aromatic heterocycles. The third-order valence-electron chi connectivity index (χ3n) is 3.81. The van der Waals surface area contributed by atoms with Gasteiger partial charge in [0.2, 0.25) is 5.91 Å². The minimum Gasteiger partial charge on any atom is -0.341 e. The predicted molar refractivity (Wildman–Crippen MR) is 79.3 cm³/mol. The fourth-order valence-corrected chi connectivity index (χ4v) is 3.57. The summed E-state index contributed by atoms with van der Waals surface area (Å²) in [5.41, 5.74) is 2.34. The Morgan fingerprint density at radius 1 is 1.40 bits per heavy atom. The van der Waals surface area contributed by atoms with E-state index in [1.165, 1.54) is 11.8 Å². The second kappa shape index (κ2) is 5.95. The van der Waals surface area contributed by atoms with Gasteiger partial charge in [-0.25, -0.2) is 8.42 Å². The van der Waals surface area contributed by atoms with Crippen LogP contribution in [0.5, 0.6) is 0 Å². The number of amides is 1. The standard InChI is InChI=1S/C15H21NO3S/c1-12-4-3-5-13(10-12)6-7-15(17)16-9-8-14(11-16)20(2,18)19/h3-5,10,14H,6-9,11H2,1-2H3. The number of aryl methyl sites for hydroxylation is 2. The van der Waals surface area contributed by atoms with E-state index >= 15 is 0 Å². The lowest BCUT2D eigenvalue weighted by atomic mass is 10.1. The number of rotatable bonds is 4. The summed E-state index contributed by atoms with van der Waals surface area (Å²) < 4.78 is 23.0. The molecule has 0 bridgehead atoms. The summed E-state index contributed by atoms with van der Waals surface area (Å²) in [7, 11) is -3.04. The van der Waals surface area contributed by atoms with Crippen LogP contribution in [0.4, 0.5) is 0 Å². The van der Waals surface area contributed by atoms with Gasteiger partial charge in [-0.15, -0.1) is 0 Å². The first-order valence-electron chi connectivity index (χ1n) is 6.88. The summed E-state index contributed by atoms with van der Waals surface area (Å²) in [6, 6.07) is 8.12. The summed E-state index contributed by atoms with van der Waals surface area (Å²) >= 11 is 0. The zero-order valence-corrected chi connectivity index (χ0v) is 12.8. The molecule has 20 heavy (non-hydrogen) atoms. The van der Waals surface area contributed by atoms with E-state index in [-0.39, 0.29) is 11.2 Å². The molecule has 1 fully saturated rings. The van der Waals surface area contributed by atoms with Crippen LogP contribution in [0.2, 0.25) is 0 Å². The Balaban J connectivity index is 1.87. The molecule has 1 aromatic rings. The molecule has 2 rings (SSSR count). The topological polar surface area (TPSA) is 54.5 Å². The highest BCUT2D eigenvalue weighted by Crippen LogP contribution is 2.17. The maximum absolute atomic E-state index is 12.1. The van der Waals surface area contributed by atoms with Crippen molar-refractivity contribution in [3.63, 3.8) is 0 Å². The van der Waals surface area contributed by atoms with Crippen molar-refractivity contribution in [3.05, 3.63) is 35.4 Å². The van der Waals surface area contributed by atoms with Crippen LogP contribution in [0.15, 0.2) is 24.3 Å². The molecule has 0 N–H and O–H groups in total. The van der Waals surface area contributed by atoms with Crippen LogP contribution in [0.3, 0.4) is 0 Å². The molecule has 0 aliphatic carbocycles. The lowest BCUT2D eigenvalue weighted by Gasteiger charge is -2.16. The van der Waals surface area contributed by atoms with Gasteiger partial charge >= 0.3 is 0 Å². The van der Waals surface area contributed by atoms with E-state index in [9.17, 15) is 13.2 Å². The number of nitrogens with zero attached hydrogens (tertiary/aromatic N) is 1. The van der Waals surface area contributed by atoms with Gasteiger partial charge in [0.25, 0.3) is 0 Å². The molecular weight excluding hydrogens is 274 g/mol. The Morgan fingerprint density at radius 2 is 2.15 bits per heavy atom. The quantitative estimate of drug-likeness (QED) is 0.847. The summed E-state index contributed by atoms with van der Waals surface area (Å²) in [5, 5.41) is -0.384. The first-order valence-corrected chi connectivity index (χ1v) is 8.84. The minimum absolute atomic E-state index is 0.0534. The van der Waals surface area contributed by atoms with Crippen molar-refractivity contribution in [1.82, 2.24) is 4.90 Å². The number of carbonyl (C=O) groups excluding carboxylic acids is 1. The summed E-state index contributed by atoms with van der Waals surface area (Å²) in [6.45, 7) is 2.94. The van der Waals surface area contributed by atoms with Crippen molar-refractivity contribution in [2.24, 2.45) is 0 Å². The fourth-order valence-electron chi connectivity index (χ4n) is 2.58. The fraction of sp³-hybridized carbons (Fsp3) is 0.533. The van der Waals surface area contributed by atoms with Gasteiger partial charge in [-0.3, -0.25) is 4.79 Å². The Labute approximate surface area is 120 Å². The Bertz CT molecular complexity index is 595. The van der Waals surface area contributed by atoms with Gasteiger partial charge in [-0.1, -0.05) is 29.8 Å². The molecule has 1 aromatic carbocycles. The molecular formula is C15H21NO3S. The molecule has 1 atom stereocenters. The molecule has 1 amide bonds. The molecule has 1 aliphatic heterocycles. The second-order valence-electron chi connectivity index (χ2n) is 5.57. The van der Waals surface area contributed by atoms with Crippen molar-refractivity contribution in [2.75, 3.05) is 19.3 Å². The first-order chi connectivity index (χ1) is 9.36. The average molecular weight is 295 g/mol. The normalized spacial score (nSPS) is 19.3. The van der Waals surface area contributed by atoms with Crippen LogP contribution >= 0.6 is 0 Å². The first kappa shape index (κ1) is 15.0. The van der Waals surface area contributed by atoms with Crippen molar-refractivity contribution in [1.29, 1.82) is 0 Å². The lowest BCUT2D eigenvalue weighted by molar-refractivity contribution is -0.130. The number of hydrogen-bond donors (Lipinski definition) is 0. The highest BCUT2D eigenvalue weighted by Gasteiger charge is 2.32. The van der Waals surface area contributed by atoms with Gasteiger partial charge < -0.3 is 4.90 Å². The van der Waals surface area contributed by atoms with Gasteiger partial charge in [0, 0.05) is 25.8 Å². The minimum atomic E-state index is -3.04. The predicted octanol–water partition coefficient (Wildman–Crippen LogP) is 1.57. The summed E-state index contributed by atoms with van der Waals surface area (Å²) in [6.07, 6.45) is 2.97. The lowest BCUT2D eigenvalue weighted by Crippen LogP contribution is -2.31. The third-order valence-corrected chi connectivity index (χ3v) is 5.41. The van der Waals surface area contributed by atoms with Crippen molar-refractivity contribution in [3.8, 4) is 0 Å². The Hall–Kier alpha value is -1.36. The zero-order valence-electron chi connectivity index (χ0n) is 12.0. The van der Waals surface area contributed by atoms with E-state index in [0.717, 1.165) is 5.56 Å². The molecule has 4 nitrogen and oxygen atoms in total. The highest BCUT2D eigenvalue weighted by molar-refractivity contribution is 7.91. The van der Waals surface area contributed by atoms with Crippen LogP contribution in [0, 0.1) is 6.92 Å². The zero-order chi connectivity index (χ0) is 14.8. The van der Waals surface area contributed by atoms with Gasteiger partial charge in [-0.2, -0.15) is 0 Å². The van der Waals surface area contributed by atoms with Crippen molar-refractivity contribution < 1.29 is 13.2 Å². The molecule has 1 aliphatic rings. The van der Waals surface area contributed by atoms with Crippen LogP contribution in [-0.4, -0.2) is 43.8 Å². The average Bonchev–Trinajstić information content (AvgIpc) is 2.85. The van der Waals surface area contributed by atoms with E-state index in [4.69, 9.17) is 0 Å².